The predicted molar refractivity (Wildman–Crippen MR) is 10.8 cm³/mol. The predicted octanol–water partition coefficient (Wildman–Crippen LogP) is -10.9. The molecular weight excluding hydrogens is 193 g/mol. The molecule has 0 aromatic carbocycles. The Hall–Kier alpha value is 0.241. The van der Waals surface area contributed by atoms with Crippen LogP contribution in [0.1, 0.15) is 0 Å². The quantitative estimate of drug-likeness (QED) is 0.351. The molecule has 0 aromatic rings. The van der Waals surface area contributed by atoms with Gasteiger partial charge < -0.3 is 30.0 Å². The van der Waals surface area contributed by atoms with Crippen LogP contribution in [0.5, 0.6) is 0 Å². The van der Waals surface area contributed by atoms with Crippen LogP contribution in [0.15, 0.2) is 0 Å². The second kappa shape index (κ2) is 22.5. The minimum Gasteiger partial charge on any atom is -0.652 e. The normalized spacial score (nSPS) is 4.36. The summed E-state index contributed by atoms with van der Waals surface area (Å²) in [6.45, 7) is 0. The Morgan fingerprint density at radius 2 is 0.727 bits per heavy atom. The molecule has 0 saturated carbocycles. The van der Waals surface area contributed by atoms with Crippen LogP contribution in [0.2, 0.25) is 0 Å². The number of hydrogen-bond donors (Lipinski definition) is 0. The van der Waals surface area contributed by atoms with Crippen molar-refractivity contribution in [2.24, 2.45) is 0 Å². The third kappa shape index (κ3) is 11900. The number of rotatable bonds is 0. The molecule has 0 unspecified atom stereocenters. The van der Waals surface area contributed by atoms with E-state index in [4.69, 9.17) is 30.0 Å². The fraction of sp³-hybridized carbons (Fsp3) is 0. The standard InChI is InChI=1S/2CH2O3.Co.2Li/c2*2-1(3)4;;;/h2*(H2,2,3,4);;;/q;;+2;2*+1/p-4. The molecule has 0 aliphatic rings. The van der Waals surface area contributed by atoms with E-state index >= 15 is 0 Å². The van der Waals surface area contributed by atoms with Crippen LogP contribution in [0.25, 0.3) is 0 Å². The molecule has 55 valence electrons. The minimum absolute atomic E-state index is 0. The molecular formula is C2CoLi2O6. The van der Waals surface area contributed by atoms with E-state index in [0.29, 0.717) is 0 Å². The Bertz CT molecular complexity index is 76.6. The summed E-state index contributed by atoms with van der Waals surface area (Å²) in [4.78, 5) is 16.7. The van der Waals surface area contributed by atoms with Gasteiger partial charge in [0.1, 0.15) is 0 Å². The number of carboxylic acid groups (broad SMARTS) is 4. The van der Waals surface area contributed by atoms with Gasteiger partial charge in [-0.25, -0.2) is 0 Å². The molecule has 0 atom stereocenters. The fourth-order valence-corrected chi connectivity index (χ4v) is 0. The zero-order valence-electron chi connectivity index (χ0n) is 5.78. The molecule has 0 rings (SSSR count). The molecule has 0 aromatic heterocycles. The van der Waals surface area contributed by atoms with Crippen LogP contribution in [-0.2, 0) is 16.8 Å². The Kier molecular flexibility index (Phi) is 61.8. The third-order valence-corrected chi connectivity index (χ3v) is 0. The van der Waals surface area contributed by atoms with Crippen LogP contribution in [0, 0.1) is 0 Å². The van der Waals surface area contributed by atoms with Crippen LogP contribution < -0.4 is 58.1 Å². The van der Waals surface area contributed by atoms with Crippen molar-refractivity contribution in [3.63, 3.8) is 0 Å². The Morgan fingerprint density at radius 3 is 0.727 bits per heavy atom. The molecule has 0 N–H and O–H groups in total. The van der Waals surface area contributed by atoms with Crippen molar-refractivity contribution in [3.05, 3.63) is 0 Å². The van der Waals surface area contributed by atoms with Gasteiger partial charge in [0.2, 0.25) is 0 Å². The Labute approximate surface area is 96.5 Å². The van der Waals surface area contributed by atoms with E-state index in [-0.39, 0.29) is 54.5 Å². The zero-order valence-corrected chi connectivity index (χ0v) is 6.82. The fourth-order valence-electron chi connectivity index (χ4n) is 0. The van der Waals surface area contributed by atoms with E-state index in [9.17, 15) is 0 Å². The van der Waals surface area contributed by atoms with Gasteiger partial charge in [-0.05, 0) is 12.3 Å². The Morgan fingerprint density at radius 1 is 0.727 bits per heavy atom. The molecule has 0 aliphatic carbocycles. The average molecular weight is 193 g/mol. The topological polar surface area (TPSA) is 126 Å². The van der Waals surface area contributed by atoms with E-state index in [2.05, 4.69) is 0 Å². The minimum atomic E-state index is -2.33. The first-order valence-corrected chi connectivity index (χ1v) is 1.22. The van der Waals surface area contributed by atoms with Crippen LogP contribution in [0.3, 0.4) is 0 Å². The maximum atomic E-state index is 8.33. The van der Waals surface area contributed by atoms with Crippen LogP contribution >= 0.6 is 0 Å². The van der Waals surface area contributed by atoms with Gasteiger partial charge in [0, 0.05) is 0 Å². The maximum Gasteiger partial charge on any atom is 2.00 e. The summed E-state index contributed by atoms with van der Waals surface area (Å²) in [7, 11) is 0. The molecule has 0 bridgehead atoms. The smallest absolute Gasteiger partial charge is 0.652 e. The molecule has 0 fully saturated rings. The third-order valence-electron chi connectivity index (χ3n) is 0. The van der Waals surface area contributed by atoms with Gasteiger partial charge in [0.15, 0.2) is 0 Å². The van der Waals surface area contributed by atoms with Gasteiger partial charge in [-0.1, -0.05) is 0 Å². The molecule has 6 nitrogen and oxygen atoms in total. The molecule has 0 spiro atoms. The van der Waals surface area contributed by atoms with Crippen molar-refractivity contribution in [3.8, 4) is 0 Å². The summed E-state index contributed by atoms with van der Waals surface area (Å²) < 4.78 is 0. The van der Waals surface area contributed by atoms with E-state index < -0.39 is 12.3 Å². The van der Waals surface area contributed by atoms with Gasteiger partial charge in [-0.15, -0.1) is 0 Å². The summed E-state index contributed by atoms with van der Waals surface area (Å²) in [6, 6.07) is 0. The van der Waals surface area contributed by atoms with Crippen molar-refractivity contribution in [2.75, 3.05) is 0 Å². The van der Waals surface area contributed by atoms with Gasteiger partial charge >= 0.3 is 54.5 Å². The maximum absolute atomic E-state index is 8.33. The number of carbonyl (C=O) groups excluding carboxylic acids is 2. The second-order valence-electron chi connectivity index (χ2n) is 0.500. The van der Waals surface area contributed by atoms with Crippen LogP contribution in [-0.4, -0.2) is 12.3 Å². The summed E-state index contributed by atoms with van der Waals surface area (Å²) in [5, 5.41) is 33.3. The first-order chi connectivity index (χ1) is 3.46. The SMILES string of the molecule is O=C([O-])[O-].O=C([O-])[O-].[Co+2].[Li+].[Li+]. The van der Waals surface area contributed by atoms with Gasteiger partial charge in [0.25, 0.3) is 0 Å². The number of hydrogen-bond acceptors (Lipinski definition) is 6. The second-order valence-corrected chi connectivity index (χ2v) is 0.500. The average Bonchev–Trinajstić information content (AvgIpc) is 1.25. The molecule has 11 heavy (non-hydrogen) atoms. The van der Waals surface area contributed by atoms with E-state index in [1.807, 2.05) is 0 Å². The van der Waals surface area contributed by atoms with Crippen molar-refractivity contribution < 1.29 is 84.5 Å². The van der Waals surface area contributed by atoms with E-state index in [0.717, 1.165) is 0 Å². The van der Waals surface area contributed by atoms with Gasteiger partial charge in [0.05, 0.1) is 0 Å². The van der Waals surface area contributed by atoms with Crippen LogP contribution in [0.4, 0.5) is 9.59 Å². The monoisotopic (exact) mass is 193 g/mol. The number of carbonyl (C=O) groups is 2. The van der Waals surface area contributed by atoms with Crippen molar-refractivity contribution in [1.82, 2.24) is 0 Å². The molecule has 0 aliphatic heterocycles. The van der Waals surface area contributed by atoms with Crippen molar-refractivity contribution >= 4 is 12.3 Å². The Balaban J connectivity index is -0.0000000171. The molecule has 0 amide bonds. The molecule has 9 heteroatoms. The van der Waals surface area contributed by atoms with Gasteiger partial charge in [-0.2, -0.15) is 0 Å². The molecule has 1 radical (unpaired) electrons. The molecule has 0 heterocycles. The van der Waals surface area contributed by atoms with Crippen molar-refractivity contribution in [1.29, 1.82) is 0 Å². The van der Waals surface area contributed by atoms with Gasteiger partial charge in [-0.3, -0.25) is 0 Å². The van der Waals surface area contributed by atoms with E-state index in [1.165, 1.54) is 0 Å². The van der Waals surface area contributed by atoms with E-state index in [1.54, 1.807) is 0 Å². The first-order valence-electron chi connectivity index (χ1n) is 1.22. The summed E-state index contributed by atoms with van der Waals surface area (Å²) in [6.07, 6.45) is -4.67. The zero-order chi connectivity index (χ0) is 7.15. The summed E-state index contributed by atoms with van der Waals surface area (Å²) >= 11 is 0. The summed E-state index contributed by atoms with van der Waals surface area (Å²) in [5.41, 5.74) is 0. The molecule has 0 saturated heterocycles. The van der Waals surface area contributed by atoms with Crippen molar-refractivity contribution in [2.45, 2.75) is 0 Å². The summed E-state index contributed by atoms with van der Waals surface area (Å²) in [5.74, 6) is 0. The largest absolute Gasteiger partial charge is 2.00 e. The first kappa shape index (κ1) is 30.3.